The third-order valence-corrected chi connectivity index (χ3v) is 1.99. The van der Waals surface area contributed by atoms with Crippen molar-refractivity contribution in [2.75, 3.05) is 6.61 Å². The molecule has 0 aliphatic carbocycles. The van der Waals surface area contributed by atoms with Crippen LogP contribution in [0, 0.1) is 10.1 Å². The van der Waals surface area contributed by atoms with Crippen LogP contribution in [0.2, 0.25) is 0 Å². The van der Waals surface area contributed by atoms with Crippen LogP contribution in [0.15, 0.2) is 30.9 Å². The van der Waals surface area contributed by atoms with Crippen molar-refractivity contribution in [3.8, 4) is 0 Å². The summed E-state index contributed by atoms with van der Waals surface area (Å²) in [6.45, 7) is 3.21. The molecule has 0 heterocycles. The van der Waals surface area contributed by atoms with Gasteiger partial charge in [-0.3, -0.25) is 10.1 Å². The molecule has 1 aromatic rings. The first-order valence-electron chi connectivity index (χ1n) is 4.77. The molecule has 1 aromatic carbocycles. The average molecular weight is 251 g/mol. The summed E-state index contributed by atoms with van der Waals surface area (Å²) in [7, 11) is 0. The van der Waals surface area contributed by atoms with E-state index in [1.807, 2.05) is 0 Å². The van der Waals surface area contributed by atoms with E-state index in [-0.39, 0.29) is 12.2 Å². The number of rotatable bonds is 5. The van der Waals surface area contributed by atoms with Gasteiger partial charge in [-0.05, 0) is 12.1 Å². The Morgan fingerprint density at radius 3 is 2.67 bits per heavy atom. The third-order valence-electron chi connectivity index (χ3n) is 1.99. The lowest BCUT2D eigenvalue weighted by atomic mass is 10.1. The highest BCUT2D eigenvalue weighted by Gasteiger charge is 2.23. The fraction of sp³-hybridized carbons (Fsp3) is 0.0909. The predicted molar refractivity (Wildman–Crippen MR) is 60.5 cm³/mol. The molecule has 0 aromatic heterocycles. The number of ether oxygens (including phenoxy) is 1. The Labute approximate surface area is 101 Å². The zero-order chi connectivity index (χ0) is 13.7. The van der Waals surface area contributed by atoms with Crippen molar-refractivity contribution in [1.29, 1.82) is 0 Å². The molecule has 94 valence electrons. The van der Waals surface area contributed by atoms with E-state index < -0.39 is 28.1 Å². The SMILES string of the molecule is C=CCOC(=O)c1cc(C(=O)O)ccc1[N+](=O)[O-]. The van der Waals surface area contributed by atoms with Crippen LogP contribution in [0.4, 0.5) is 5.69 Å². The van der Waals surface area contributed by atoms with Gasteiger partial charge in [0.2, 0.25) is 0 Å². The number of hydrogen-bond donors (Lipinski definition) is 1. The Bertz CT molecular complexity index is 522. The molecule has 0 aliphatic heterocycles. The molecular formula is C11H9NO6. The van der Waals surface area contributed by atoms with Crippen molar-refractivity contribution >= 4 is 17.6 Å². The van der Waals surface area contributed by atoms with Crippen LogP contribution >= 0.6 is 0 Å². The van der Waals surface area contributed by atoms with Crippen LogP contribution in [-0.2, 0) is 4.74 Å². The number of carbonyl (C=O) groups is 2. The van der Waals surface area contributed by atoms with E-state index in [1.165, 1.54) is 6.08 Å². The molecule has 0 unspecified atom stereocenters. The molecular weight excluding hydrogens is 242 g/mol. The van der Waals surface area contributed by atoms with Gasteiger partial charge in [0.1, 0.15) is 12.2 Å². The van der Waals surface area contributed by atoms with E-state index in [0.717, 1.165) is 18.2 Å². The smallest absolute Gasteiger partial charge is 0.345 e. The summed E-state index contributed by atoms with van der Waals surface area (Å²) >= 11 is 0. The maximum Gasteiger partial charge on any atom is 0.345 e. The van der Waals surface area contributed by atoms with Crippen LogP contribution in [0.1, 0.15) is 20.7 Å². The maximum absolute atomic E-state index is 11.5. The number of carboxylic acid groups (broad SMARTS) is 1. The molecule has 0 radical (unpaired) electrons. The lowest BCUT2D eigenvalue weighted by Gasteiger charge is -2.04. The molecule has 0 spiro atoms. The number of nitro groups is 1. The van der Waals surface area contributed by atoms with Gasteiger partial charge in [0, 0.05) is 6.07 Å². The quantitative estimate of drug-likeness (QED) is 0.369. The molecule has 18 heavy (non-hydrogen) atoms. The van der Waals surface area contributed by atoms with Gasteiger partial charge in [0.15, 0.2) is 0 Å². The average Bonchev–Trinajstić information content (AvgIpc) is 2.34. The summed E-state index contributed by atoms with van der Waals surface area (Å²) in [5, 5.41) is 19.5. The van der Waals surface area contributed by atoms with Crippen molar-refractivity contribution in [2.45, 2.75) is 0 Å². The summed E-state index contributed by atoms with van der Waals surface area (Å²) in [5.41, 5.74) is -1.14. The van der Waals surface area contributed by atoms with Gasteiger partial charge in [-0.2, -0.15) is 0 Å². The lowest BCUT2D eigenvalue weighted by Crippen LogP contribution is -2.10. The number of carboxylic acids is 1. The predicted octanol–water partition coefficient (Wildman–Crippen LogP) is 1.64. The van der Waals surface area contributed by atoms with E-state index in [2.05, 4.69) is 11.3 Å². The minimum Gasteiger partial charge on any atom is -0.478 e. The molecule has 0 bridgehead atoms. The molecule has 0 aliphatic rings. The van der Waals surface area contributed by atoms with Crippen molar-refractivity contribution < 1.29 is 24.4 Å². The standard InChI is InChI=1S/C11H9NO6/c1-2-5-18-11(15)8-6-7(10(13)14)3-4-9(8)12(16)17/h2-4,6H,1,5H2,(H,13,14). The molecule has 0 saturated heterocycles. The summed E-state index contributed by atoms with van der Waals surface area (Å²) < 4.78 is 4.65. The van der Waals surface area contributed by atoms with Crippen LogP contribution < -0.4 is 0 Å². The molecule has 0 saturated carbocycles. The number of carbonyl (C=O) groups excluding carboxylic acids is 1. The zero-order valence-corrected chi connectivity index (χ0v) is 9.16. The van der Waals surface area contributed by atoms with Gasteiger partial charge < -0.3 is 9.84 Å². The van der Waals surface area contributed by atoms with Crippen molar-refractivity contribution in [3.63, 3.8) is 0 Å². The minimum atomic E-state index is -1.29. The van der Waals surface area contributed by atoms with Gasteiger partial charge in [0.05, 0.1) is 10.5 Å². The van der Waals surface area contributed by atoms with Crippen LogP contribution in [0.25, 0.3) is 0 Å². The zero-order valence-electron chi connectivity index (χ0n) is 9.16. The summed E-state index contributed by atoms with van der Waals surface area (Å²) in [6, 6.07) is 2.91. The van der Waals surface area contributed by atoms with E-state index in [1.54, 1.807) is 0 Å². The topological polar surface area (TPSA) is 107 Å². The normalized spacial score (nSPS) is 9.56. The first-order chi connectivity index (χ1) is 8.47. The Hall–Kier alpha value is -2.70. The molecule has 1 rings (SSSR count). The molecule has 0 fully saturated rings. The highest BCUT2D eigenvalue weighted by atomic mass is 16.6. The minimum absolute atomic E-state index is 0.118. The highest BCUT2D eigenvalue weighted by molar-refractivity contribution is 5.97. The monoisotopic (exact) mass is 251 g/mol. The van der Waals surface area contributed by atoms with Gasteiger partial charge >= 0.3 is 11.9 Å². The number of benzene rings is 1. The van der Waals surface area contributed by atoms with Crippen LogP contribution in [-0.4, -0.2) is 28.6 Å². The van der Waals surface area contributed by atoms with E-state index >= 15 is 0 Å². The number of aromatic carboxylic acids is 1. The third kappa shape index (κ3) is 2.91. The van der Waals surface area contributed by atoms with Crippen molar-refractivity contribution in [2.24, 2.45) is 0 Å². The van der Waals surface area contributed by atoms with Crippen LogP contribution in [0.3, 0.4) is 0 Å². The van der Waals surface area contributed by atoms with E-state index in [9.17, 15) is 19.7 Å². The molecule has 0 atom stereocenters. The van der Waals surface area contributed by atoms with Crippen molar-refractivity contribution in [3.05, 3.63) is 52.1 Å². The summed E-state index contributed by atoms with van der Waals surface area (Å²) in [4.78, 5) is 32.2. The maximum atomic E-state index is 11.5. The van der Waals surface area contributed by atoms with Crippen LogP contribution in [0.5, 0.6) is 0 Å². The second-order valence-corrected chi connectivity index (χ2v) is 3.18. The fourth-order valence-electron chi connectivity index (χ4n) is 1.20. The largest absolute Gasteiger partial charge is 0.478 e. The number of nitrogens with zero attached hydrogens (tertiary/aromatic N) is 1. The Morgan fingerprint density at radius 1 is 1.50 bits per heavy atom. The molecule has 7 nitrogen and oxygen atoms in total. The number of esters is 1. The second-order valence-electron chi connectivity index (χ2n) is 3.18. The van der Waals surface area contributed by atoms with Gasteiger partial charge in [-0.25, -0.2) is 9.59 Å². The van der Waals surface area contributed by atoms with E-state index in [4.69, 9.17) is 5.11 Å². The van der Waals surface area contributed by atoms with Crippen molar-refractivity contribution in [1.82, 2.24) is 0 Å². The number of nitro benzene ring substituents is 1. The lowest BCUT2D eigenvalue weighted by molar-refractivity contribution is -0.385. The first kappa shape index (κ1) is 13.4. The van der Waals surface area contributed by atoms with Gasteiger partial charge in [-0.1, -0.05) is 12.7 Å². The second kappa shape index (κ2) is 5.58. The fourth-order valence-corrected chi connectivity index (χ4v) is 1.20. The van der Waals surface area contributed by atoms with Gasteiger partial charge in [0.25, 0.3) is 5.69 Å². The highest BCUT2D eigenvalue weighted by Crippen LogP contribution is 2.21. The Kier molecular flexibility index (Phi) is 4.14. The first-order valence-corrected chi connectivity index (χ1v) is 4.77. The Morgan fingerprint density at radius 2 is 2.17 bits per heavy atom. The summed E-state index contributed by atoms with van der Waals surface area (Å²) in [6.07, 6.45) is 1.30. The molecule has 0 amide bonds. The molecule has 1 N–H and O–H groups in total. The summed E-state index contributed by atoms with van der Waals surface area (Å²) in [5.74, 6) is -2.26. The van der Waals surface area contributed by atoms with Gasteiger partial charge in [-0.15, -0.1) is 0 Å². The Balaban J connectivity index is 3.22. The van der Waals surface area contributed by atoms with E-state index in [0.29, 0.717) is 0 Å². The molecule has 7 heteroatoms. The number of hydrogen-bond acceptors (Lipinski definition) is 5.